The van der Waals surface area contributed by atoms with E-state index in [0.717, 1.165) is 0 Å². The number of carboxylic acid groups (broad SMARTS) is 1. The van der Waals surface area contributed by atoms with E-state index in [-0.39, 0.29) is 22.7 Å². The number of anilines is 1. The molecule has 0 saturated heterocycles. The standard InChI is InChI=1S/C19H21NO6/c1-4-26-16(12-8-6-5-7-9-12)18(21)20-14-10-13(19(22)23)11-15(24-2)17(14)25-3/h5-11,16H,4H2,1-3H3,(H,20,21)(H,22,23). The summed E-state index contributed by atoms with van der Waals surface area (Å²) >= 11 is 0. The van der Waals surface area contributed by atoms with Crippen molar-refractivity contribution in [3.8, 4) is 11.5 Å². The Morgan fingerprint density at radius 1 is 1.12 bits per heavy atom. The summed E-state index contributed by atoms with van der Waals surface area (Å²) in [6.07, 6.45) is -0.842. The fourth-order valence-corrected chi connectivity index (χ4v) is 2.50. The highest BCUT2D eigenvalue weighted by Crippen LogP contribution is 2.37. The Kier molecular flexibility index (Phi) is 6.57. The van der Waals surface area contributed by atoms with Crippen molar-refractivity contribution in [3.63, 3.8) is 0 Å². The van der Waals surface area contributed by atoms with Gasteiger partial charge < -0.3 is 24.6 Å². The van der Waals surface area contributed by atoms with E-state index < -0.39 is 18.0 Å². The fraction of sp³-hybridized carbons (Fsp3) is 0.263. The molecule has 0 aliphatic rings. The van der Waals surface area contributed by atoms with Crippen molar-refractivity contribution in [1.82, 2.24) is 0 Å². The minimum Gasteiger partial charge on any atom is -0.493 e. The van der Waals surface area contributed by atoms with Crippen molar-refractivity contribution >= 4 is 17.6 Å². The maximum absolute atomic E-state index is 12.8. The highest BCUT2D eigenvalue weighted by Gasteiger charge is 2.24. The first-order valence-corrected chi connectivity index (χ1v) is 7.98. The zero-order chi connectivity index (χ0) is 19.1. The molecule has 1 amide bonds. The molecule has 7 nitrogen and oxygen atoms in total. The van der Waals surface area contributed by atoms with Crippen molar-refractivity contribution in [1.29, 1.82) is 0 Å². The van der Waals surface area contributed by atoms with Crippen molar-refractivity contribution in [2.75, 3.05) is 26.1 Å². The topological polar surface area (TPSA) is 94.1 Å². The van der Waals surface area contributed by atoms with Crippen LogP contribution in [-0.4, -0.2) is 37.8 Å². The Morgan fingerprint density at radius 2 is 1.81 bits per heavy atom. The monoisotopic (exact) mass is 359 g/mol. The smallest absolute Gasteiger partial charge is 0.335 e. The molecule has 0 aromatic heterocycles. The lowest BCUT2D eigenvalue weighted by atomic mass is 10.1. The lowest BCUT2D eigenvalue weighted by molar-refractivity contribution is -0.127. The zero-order valence-electron chi connectivity index (χ0n) is 14.8. The number of hydrogen-bond donors (Lipinski definition) is 2. The van der Waals surface area contributed by atoms with Gasteiger partial charge in [-0.3, -0.25) is 4.79 Å². The third kappa shape index (κ3) is 4.31. The van der Waals surface area contributed by atoms with Crippen LogP contribution in [0.1, 0.15) is 28.9 Å². The van der Waals surface area contributed by atoms with Gasteiger partial charge in [-0.1, -0.05) is 30.3 Å². The van der Waals surface area contributed by atoms with Crippen LogP contribution in [0.5, 0.6) is 11.5 Å². The number of amides is 1. The molecule has 7 heteroatoms. The summed E-state index contributed by atoms with van der Waals surface area (Å²) in [5, 5.41) is 11.9. The van der Waals surface area contributed by atoms with E-state index in [4.69, 9.17) is 14.2 Å². The van der Waals surface area contributed by atoms with Crippen LogP contribution in [0, 0.1) is 0 Å². The van der Waals surface area contributed by atoms with E-state index in [2.05, 4.69) is 5.32 Å². The van der Waals surface area contributed by atoms with Crippen LogP contribution >= 0.6 is 0 Å². The molecular weight excluding hydrogens is 338 g/mol. The van der Waals surface area contributed by atoms with Gasteiger partial charge in [0.05, 0.1) is 25.5 Å². The predicted octanol–water partition coefficient (Wildman–Crippen LogP) is 3.12. The second-order valence-corrected chi connectivity index (χ2v) is 5.30. The van der Waals surface area contributed by atoms with E-state index in [1.807, 2.05) is 18.2 Å². The summed E-state index contributed by atoms with van der Waals surface area (Å²) in [5.41, 5.74) is 0.840. The number of carbonyl (C=O) groups excluding carboxylic acids is 1. The molecule has 26 heavy (non-hydrogen) atoms. The van der Waals surface area contributed by atoms with Crippen LogP contribution in [0.15, 0.2) is 42.5 Å². The molecule has 0 aliphatic heterocycles. The Bertz CT molecular complexity index is 775. The summed E-state index contributed by atoms with van der Waals surface area (Å²) < 4.78 is 16.0. The Labute approximate surface area is 151 Å². The van der Waals surface area contributed by atoms with E-state index in [1.54, 1.807) is 19.1 Å². The van der Waals surface area contributed by atoms with Gasteiger partial charge in [-0.15, -0.1) is 0 Å². The number of ether oxygens (including phenoxy) is 3. The number of rotatable bonds is 8. The van der Waals surface area contributed by atoms with Crippen LogP contribution in [-0.2, 0) is 9.53 Å². The molecule has 0 saturated carbocycles. The van der Waals surface area contributed by atoms with E-state index in [9.17, 15) is 14.7 Å². The number of hydrogen-bond acceptors (Lipinski definition) is 5. The van der Waals surface area contributed by atoms with Gasteiger partial charge >= 0.3 is 5.97 Å². The van der Waals surface area contributed by atoms with Crippen LogP contribution < -0.4 is 14.8 Å². The molecule has 0 radical (unpaired) electrons. The summed E-state index contributed by atoms with van der Waals surface area (Å²) in [5.74, 6) is -1.16. The zero-order valence-corrected chi connectivity index (χ0v) is 14.8. The van der Waals surface area contributed by atoms with E-state index >= 15 is 0 Å². The molecule has 2 aromatic carbocycles. The lowest BCUT2D eigenvalue weighted by Crippen LogP contribution is -2.24. The fourth-order valence-electron chi connectivity index (χ4n) is 2.50. The lowest BCUT2D eigenvalue weighted by Gasteiger charge is -2.19. The molecule has 2 N–H and O–H groups in total. The maximum atomic E-state index is 12.8. The normalized spacial score (nSPS) is 11.5. The summed E-state index contributed by atoms with van der Waals surface area (Å²) in [6, 6.07) is 11.7. The van der Waals surface area contributed by atoms with Crippen molar-refractivity contribution in [3.05, 3.63) is 53.6 Å². The van der Waals surface area contributed by atoms with E-state index in [1.165, 1.54) is 26.4 Å². The average Bonchev–Trinajstić information content (AvgIpc) is 2.65. The Morgan fingerprint density at radius 3 is 2.35 bits per heavy atom. The number of methoxy groups -OCH3 is 2. The van der Waals surface area contributed by atoms with Gasteiger partial charge in [0.25, 0.3) is 5.91 Å². The second-order valence-electron chi connectivity index (χ2n) is 5.30. The van der Waals surface area contributed by atoms with Gasteiger partial charge in [-0.2, -0.15) is 0 Å². The van der Waals surface area contributed by atoms with Crippen LogP contribution in [0.3, 0.4) is 0 Å². The average molecular weight is 359 g/mol. The first kappa shape index (κ1) is 19.3. The number of nitrogens with one attached hydrogen (secondary N) is 1. The summed E-state index contributed by atoms with van der Waals surface area (Å²) in [4.78, 5) is 24.1. The maximum Gasteiger partial charge on any atom is 0.335 e. The van der Waals surface area contributed by atoms with Gasteiger partial charge in [0, 0.05) is 6.61 Å². The highest BCUT2D eigenvalue weighted by molar-refractivity contribution is 5.99. The van der Waals surface area contributed by atoms with E-state index in [0.29, 0.717) is 12.2 Å². The molecule has 2 rings (SSSR count). The predicted molar refractivity (Wildman–Crippen MR) is 95.9 cm³/mol. The second kappa shape index (κ2) is 8.87. The van der Waals surface area contributed by atoms with Gasteiger partial charge in [0.1, 0.15) is 0 Å². The SMILES string of the molecule is CCOC(C(=O)Nc1cc(C(=O)O)cc(OC)c1OC)c1ccccc1. The highest BCUT2D eigenvalue weighted by atomic mass is 16.5. The Hall–Kier alpha value is -3.06. The first-order valence-electron chi connectivity index (χ1n) is 7.98. The quantitative estimate of drug-likeness (QED) is 0.752. The molecule has 0 heterocycles. The van der Waals surface area contributed by atoms with Gasteiger partial charge in [-0.05, 0) is 24.6 Å². The van der Waals surface area contributed by atoms with Gasteiger partial charge in [-0.25, -0.2) is 4.79 Å². The first-order chi connectivity index (χ1) is 12.5. The molecule has 1 unspecified atom stereocenters. The largest absolute Gasteiger partial charge is 0.493 e. The van der Waals surface area contributed by atoms with Crippen LogP contribution in [0.2, 0.25) is 0 Å². The molecule has 0 spiro atoms. The third-order valence-corrected chi connectivity index (χ3v) is 3.66. The van der Waals surface area contributed by atoms with Crippen LogP contribution in [0.25, 0.3) is 0 Å². The minimum absolute atomic E-state index is 0.0365. The van der Waals surface area contributed by atoms with Gasteiger partial charge in [0.2, 0.25) is 0 Å². The van der Waals surface area contributed by atoms with Crippen molar-refractivity contribution in [2.24, 2.45) is 0 Å². The molecule has 0 fully saturated rings. The van der Waals surface area contributed by atoms with Gasteiger partial charge in [0.15, 0.2) is 17.6 Å². The molecule has 1 atom stereocenters. The molecule has 2 aromatic rings. The number of carbonyl (C=O) groups is 2. The number of carboxylic acids is 1. The van der Waals surface area contributed by atoms with Crippen molar-refractivity contribution in [2.45, 2.75) is 13.0 Å². The molecule has 0 aliphatic carbocycles. The van der Waals surface area contributed by atoms with Crippen molar-refractivity contribution < 1.29 is 28.9 Å². The molecule has 0 bridgehead atoms. The molecule has 138 valence electrons. The summed E-state index contributed by atoms with van der Waals surface area (Å²) in [6.45, 7) is 2.13. The van der Waals surface area contributed by atoms with Crippen LogP contribution in [0.4, 0.5) is 5.69 Å². The number of aromatic carboxylic acids is 1. The molecular formula is C19H21NO6. The minimum atomic E-state index is -1.15. The third-order valence-electron chi connectivity index (χ3n) is 3.66. The number of benzene rings is 2. The Balaban J connectivity index is 2.40. The summed E-state index contributed by atoms with van der Waals surface area (Å²) in [7, 11) is 2.80.